The Morgan fingerprint density at radius 3 is 1.10 bits per heavy atom. The van der Waals surface area contributed by atoms with Gasteiger partial charge in [0.25, 0.3) is 0 Å². The van der Waals surface area contributed by atoms with Crippen molar-refractivity contribution in [2.45, 2.75) is 0 Å². The summed E-state index contributed by atoms with van der Waals surface area (Å²) in [5.41, 5.74) is 16.7. The van der Waals surface area contributed by atoms with Crippen LogP contribution in [0.4, 0.5) is 17.1 Å². The van der Waals surface area contributed by atoms with Crippen molar-refractivity contribution in [2.75, 3.05) is 4.90 Å². The fraction of sp³-hybridized carbons (Fsp3) is 0. The van der Waals surface area contributed by atoms with Crippen LogP contribution in [-0.4, -0.2) is 0 Å². The molecular weight excluding hydrogens is 727 g/mol. The molecule has 0 atom stereocenters. The first-order chi connectivity index (χ1) is 29.7. The van der Waals surface area contributed by atoms with Crippen molar-refractivity contribution in [1.82, 2.24) is 0 Å². The van der Waals surface area contributed by atoms with Crippen LogP contribution in [0.2, 0.25) is 0 Å². The zero-order valence-electron chi connectivity index (χ0n) is 32.9. The molecule has 10 aromatic carbocycles. The van der Waals surface area contributed by atoms with Crippen LogP contribution < -0.4 is 4.90 Å². The second kappa shape index (κ2) is 15.1. The summed E-state index contributed by atoms with van der Waals surface area (Å²) in [5.74, 6) is 0. The summed E-state index contributed by atoms with van der Waals surface area (Å²) in [6.07, 6.45) is 0. The summed E-state index contributed by atoms with van der Waals surface area (Å²) in [6.45, 7) is 0. The summed E-state index contributed by atoms with van der Waals surface area (Å²) in [6, 6.07) is 84.7. The number of hydrogen-bond donors (Lipinski definition) is 0. The Morgan fingerprint density at radius 1 is 0.233 bits per heavy atom. The predicted molar refractivity (Wildman–Crippen MR) is 253 cm³/mol. The zero-order chi connectivity index (χ0) is 39.8. The molecule has 0 N–H and O–H groups in total. The second-order valence-corrected chi connectivity index (χ2v) is 15.3. The van der Waals surface area contributed by atoms with Gasteiger partial charge in [0.05, 0.1) is 0 Å². The number of rotatable bonds is 8. The summed E-state index contributed by atoms with van der Waals surface area (Å²) >= 11 is 0. The van der Waals surface area contributed by atoms with Crippen molar-refractivity contribution in [1.29, 1.82) is 0 Å². The molecule has 11 rings (SSSR count). The van der Waals surface area contributed by atoms with Crippen LogP contribution in [0.15, 0.2) is 241 Å². The lowest BCUT2D eigenvalue weighted by Crippen LogP contribution is -2.09. The molecule has 2 heteroatoms. The van der Waals surface area contributed by atoms with Gasteiger partial charge in [-0.05, 0) is 110 Å². The van der Waals surface area contributed by atoms with Gasteiger partial charge in [-0.1, -0.05) is 182 Å². The molecule has 0 saturated carbocycles. The molecule has 11 aromatic rings. The number of hydrogen-bond acceptors (Lipinski definition) is 2. The van der Waals surface area contributed by atoms with Crippen molar-refractivity contribution in [3.05, 3.63) is 237 Å². The van der Waals surface area contributed by atoms with Crippen LogP contribution in [0.5, 0.6) is 0 Å². The Kier molecular flexibility index (Phi) is 8.87. The molecule has 0 aliphatic rings. The fourth-order valence-electron chi connectivity index (χ4n) is 8.67. The van der Waals surface area contributed by atoms with Gasteiger partial charge >= 0.3 is 0 Å². The smallest absolute Gasteiger partial charge is 0.143 e. The molecule has 0 fully saturated rings. The maximum Gasteiger partial charge on any atom is 0.143 e. The van der Waals surface area contributed by atoms with Gasteiger partial charge < -0.3 is 9.32 Å². The van der Waals surface area contributed by atoms with E-state index in [1.165, 1.54) is 33.4 Å². The Hall–Kier alpha value is -7.94. The van der Waals surface area contributed by atoms with Crippen LogP contribution in [0, 0.1) is 0 Å². The Labute approximate surface area is 349 Å². The summed E-state index contributed by atoms with van der Waals surface area (Å²) in [4.78, 5) is 2.34. The normalized spacial score (nSPS) is 11.3. The van der Waals surface area contributed by atoms with E-state index in [1.54, 1.807) is 0 Å². The molecule has 0 aliphatic carbocycles. The van der Waals surface area contributed by atoms with Gasteiger partial charge in [-0.2, -0.15) is 0 Å². The van der Waals surface area contributed by atoms with Crippen molar-refractivity contribution < 1.29 is 4.42 Å². The monoisotopic (exact) mass is 765 g/mol. The highest BCUT2D eigenvalue weighted by molar-refractivity contribution is 6.21. The van der Waals surface area contributed by atoms with Crippen LogP contribution >= 0.6 is 0 Å². The maximum atomic E-state index is 6.95. The molecule has 0 amide bonds. The predicted octanol–water partition coefficient (Wildman–Crippen LogP) is 16.5. The molecule has 60 heavy (non-hydrogen) atoms. The molecule has 282 valence electrons. The SMILES string of the molecule is c1ccc(-c2ccc(N(c3ccc(-c4ccccc4)cc3)c3ccc(-c4cc5c6cc(-c7ccccc7)cc(-c7ccccc7)c6oc5c5ccccc45)cc3)cc2)cc1. The number of anilines is 3. The molecular formula is C58H39NO. The van der Waals surface area contributed by atoms with Crippen LogP contribution in [0.25, 0.3) is 88.3 Å². The Balaban J connectivity index is 1.05. The largest absolute Gasteiger partial charge is 0.455 e. The highest BCUT2D eigenvalue weighted by Crippen LogP contribution is 2.45. The van der Waals surface area contributed by atoms with E-state index in [0.29, 0.717) is 0 Å². The first kappa shape index (κ1) is 35.2. The maximum absolute atomic E-state index is 6.95. The molecule has 2 nitrogen and oxygen atoms in total. The highest BCUT2D eigenvalue weighted by atomic mass is 16.3. The van der Waals surface area contributed by atoms with E-state index >= 15 is 0 Å². The number of nitrogens with zero attached hydrogens (tertiary/aromatic N) is 1. The third-order valence-corrected chi connectivity index (χ3v) is 11.7. The van der Waals surface area contributed by atoms with Crippen LogP contribution in [-0.2, 0) is 0 Å². The van der Waals surface area contributed by atoms with Crippen molar-refractivity contribution in [3.8, 4) is 55.6 Å². The van der Waals surface area contributed by atoms with E-state index in [-0.39, 0.29) is 0 Å². The highest BCUT2D eigenvalue weighted by Gasteiger charge is 2.20. The first-order valence-electron chi connectivity index (χ1n) is 20.5. The molecule has 0 spiro atoms. The van der Waals surface area contributed by atoms with Crippen molar-refractivity contribution >= 4 is 49.8 Å². The lowest BCUT2D eigenvalue weighted by molar-refractivity contribution is 0.674. The molecule has 0 saturated heterocycles. The minimum absolute atomic E-state index is 0.903. The average Bonchev–Trinajstić information content (AvgIpc) is 3.72. The van der Waals surface area contributed by atoms with Crippen LogP contribution in [0.3, 0.4) is 0 Å². The molecule has 0 aliphatic heterocycles. The zero-order valence-corrected chi connectivity index (χ0v) is 32.9. The van der Waals surface area contributed by atoms with Gasteiger partial charge in [-0.15, -0.1) is 0 Å². The third kappa shape index (κ3) is 6.41. The Morgan fingerprint density at radius 2 is 0.600 bits per heavy atom. The van der Waals surface area contributed by atoms with Gasteiger partial charge in [0.1, 0.15) is 11.2 Å². The van der Waals surface area contributed by atoms with Gasteiger partial charge in [-0.25, -0.2) is 0 Å². The second-order valence-electron chi connectivity index (χ2n) is 15.3. The third-order valence-electron chi connectivity index (χ3n) is 11.7. The molecule has 1 heterocycles. The Bertz CT molecular complexity index is 3160. The van der Waals surface area contributed by atoms with Gasteiger partial charge in [0.2, 0.25) is 0 Å². The molecule has 0 unspecified atom stereocenters. The number of fused-ring (bicyclic) bond motifs is 5. The minimum Gasteiger partial charge on any atom is -0.455 e. The quantitative estimate of drug-likeness (QED) is 0.153. The van der Waals surface area contributed by atoms with E-state index < -0.39 is 0 Å². The lowest BCUT2D eigenvalue weighted by atomic mass is 9.93. The topological polar surface area (TPSA) is 16.4 Å². The van der Waals surface area contributed by atoms with Gasteiger partial charge in [0.15, 0.2) is 0 Å². The summed E-state index contributed by atoms with van der Waals surface area (Å²) in [5, 5.41) is 4.48. The van der Waals surface area contributed by atoms with E-state index in [2.05, 4.69) is 241 Å². The van der Waals surface area contributed by atoms with Gasteiger partial charge in [0, 0.05) is 38.8 Å². The fourth-order valence-corrected chi connectivity index (χ4v) is 8.67. The van der Waals surface area contributed by atoms with Gasteiger partial charge in [-0.3, -0.25) is 0 Å². The van der Waals surface area contributed by atoms with Crippen LogP contribution in [0.1, 0.15) is 0 Å². The molecule has 0 radical (unpaired) electrons. The number of benzene rings is 10. The minimum atomic E-state index is 0.903. The van der Waals surface area contributed by atoms with E-state index in [4.69, 9.17) is 4.42 Å². The standard InChI is InChI=1S/C58H39NO/c1-5-15-40(16-6-1)43-25-31-48(32-26-43)59(49-33-27-44(28-34-49)41-17-7-2-8-18-41)50-35-29-46(30-36-50)53-39-56-55-38-47(42-19-9-3-10-20-42)37-54(45-21-11-4-12-22-45)58(55)60-57(56)52-24-14-13-23-51(52)53/h1-39H. The van der Waals surface area contributed by atoms with Crippen molar-refractivity contribution in [2.24, 2.45) is 0 Å². The lowest BCUT2D eigenvalue weighted by Gasteiger charge is -2.26. The summed E-state index contributed by atoms with van der Waals surface area (Å²) in [7, 11) is 0. The number of furan rings is 1. The van der Waals surface area contributed by atoms with E-state index in [0.717, 1.165) is 72.0 Å². The summed E-state index contributed by atoms with van der Waals surface area (Å²) < 4.78 is 6.95. The van der Waals surface area contributed by atoms with Crippen molar-refractivity contribution in [3.63, 3.8) is 0 Å². The van der Waals surface area contributed by atoms with E-state index in [1.807, 2.05) is 0 Å². The molecule has 1 aromatic heterocycles. The molecule has 0 bridgehead atoms. The average molecular weight is 766 g/mol. The van der Waals surface area contributed by atoms with E-state index in [9.17, 15) is 0 Å². The first-order valence-corrected chi connectivity index (χ1v) is 20.5.